The molecule has 140 valence electrons. The summed E-state index contributed by atoms with van der Waals surface area (Å²) in [5.41, 5.74) is 3.28. The van der Waals surface area contributed by atoms with Crippen LogP contribution in [-0.2, 0) is 17.7 Å². The molecule has 3 aromatic rings. The molecule has 0 bridgehead atoms. The Morgan fingerprint density at radius 2 is 1.96 bits per heavy atom. The van der Waals surface area contributed by atoms with Gasteiger partial charge in [-0.2, -0.15) is 0 Å². The van der Waals surface area contributed by atoms with E-state index in [4.69, 9.17) is 4.74 Å². The predicted octanol–water partition coefficient (Wildman–Crippen LogP) is 3.17. The minimum absolute atomic E-state index is 0.182. The fourth-order valence-corrected chi connectivity index (χ4v) is 2.92. The summed E-state index contributed by atoms with van der Waals surface area (Å²) < 4.78 is 6.60. The summed E-state index contributed by atoms with van der Waals surface area (Å²) in [6, 6.07) is 11.1. The standard InChI is InChI=1S/C21H23N3O3/c1-4-15-5-7-16(8-6-15)23-20(25)17-13-18-19(22-14(17)2)9-10-24(21(18)26)11-12-27-3/h5-10,13H,4,11-12H2,1-3H3,(H,23,25). The molecular weight excluding hydrogens is 342 g/mol. The lowest BCUT2D eigenvalue weighted by Gasteiger charge is -2.11. The number of carbonyl (C=O) groups excluding carboxylic acids is 1. The molecule has 6 heteroatoms. The maximum absolute atomic E-state index is 12.7. The Hall–Kier alpha value is -2.99. The summed E-state index contributed by atoms with van der Waals surface area (Å²) in [6.07, 6.45) is 2.64. The van der Waals surface area contributed by atoms with Crippen molar-refractivity contribution in [1.82, 2.24) is 9.55 Å². The first-order valence-electron chi connectivity index (χ1n) is 8.93. The van der Waals surface area contributed by atoms with Crippen LogP contribution in [0.2, 0.25) is 0 Å². The highest BCUT2D eigenvalue weighted by molar-refractivity contribution is 6.06. The maximum Gasteiger partial charge on any atom is 0.260 e. The number of fused-ring (bicyclic) bond motifs is 1. The molecule has 27 heavy (non-hydrogen) atoms. The van der Waals surface area contributed by atoms with Crippen LogP contribution in [0.3, 0.4) is 0 Å². The summed E-state index contributed by atoms with van der Waals surface area (Å²) in [5, 5.41) is 3.30. The molecule has 2 aromatic heterocycles. The van der Waals surface area contributed by atoms with Crippen molar-refractivity contribution in [2.45, 2.75) is 26.8 Å². The molecule has 0 spiro atoms. The second-order valence-corrected chi connectivity index (χ2v) is 6.37. The van der Waals surface area contributed by atoms with Gasteiger partial charge in [0.25, 0.3) is 11.5 Å². The van der Waals surface area contributed by atoms with E-state index in [0.29, 0.717) is 41.0 Å². The highest BCUT2D eigenvalue weighted by Crippen LogP contribution is 2.16. The number of anilines is 1. The molecule has 0 atom stereocenters. The first kappa shape index (κ1) is 18.8. The number of hydrogen-bond acceptors (Lipinski definition) is 4. The summed E-state index contributed by atoms with van der Waals surface area (Å²) in [4.78, 5) is 29.8. The van der Waals surface area contributed by atoms with E-state index >= 15 is 0 Å². The average molecular weight is 365 g/mol. The first-order chi connectivity index (χ1) is 13.0. The maximum atomic E-state index is 12.7. The molecule has 6 nitrogen and oxygen atoms in total. The van der Waals surface area contributed by atoms with E-state index in [1.165, 1.54) is 5.56 Å². The number of pyridine rings is 2. The number of carbonyl (C=O) groups is 1. The number of methoxy groups -OCH3 is 1. The second kappa shape index (κ2) is 8.14. The minimum atomic E-state index is -0.280. The van der Waals surface area contributed by atoms with Crippen molar-refractivity contribution in [3.05, 3.63) is 69.8 Å². The van der Waals surface area contributed by atoms with Crippen LogP contribution in [0.25, 0.3) is 10.9 Å². The molecule has 1 amide bonds. The predicted molar refractivity (Wildman–Crippen MR) is 106 cm³/mol. The first-order valence-corrected chi connectivity index (χ1v) is 8.93. The van der Waals surface area contributed by atoms with E-state index < -0.39 is 0 Å². The van der Waals surface area contributed by atoms with Crippen LogP contribution in [0.4, 0.5) is 5.69 Å². The van der Waals surface area contributed by atoms with Gasteiger partial charge in [-0.15, -0.1) is 0 Å². The van der Waals surface area contributed by atoms with E-state index in [1.807, 2.05) is 24.3 Å². The van der Waals surface area contributed by atoms with Crippen LogP contribution in [0.1, 0.15) is 28.5 Å². The fourth-order valence-electron chi connectivity index (χ4n) is 2.92. The SMILES string of the molecule is CCc1ccc(NC(=O)c2cc3c(=O)n(CCOC)ccc3nc2C)cc1. The van der Waals surface area contributed by atoms with Gasteiger partial charge < -0.3 is 14.6 Å². The quantitative estimate of drug-likeness (QED) is 0.728. The average Bonchev–Trinajstić information content (AvgIpc) is 2.67. The molecule has 0 fully saturated rings. The Morgan fingerprint density at radius 1 is 1.22 bits per heavy atom. The Balaban J connectivity index is 1.94. The third kappa shape index (κ3) is 4.06. The van der Waals surface area contributed by atoms with Crippen molar-refractivity contribution in [3.8, 4) is 0 Å². The van der Waals surface area contributed by atoms with Crippen molar-refractivity contribution >= 4 is 22.5 Å². The number of aryl methyl sites for hydroxylation is 2. The smallest absolute Gasteiger partial charge is 0.260 e. The molecule has 1 N–H and O–H groups in total. The molecular formula is C21H23N3O3. The van der Waals surface area contributed by atoms with Gasteiger partial charge in [-0.1, -0.05) is 19.1 Å². The molecule has 0 aliphatic heterocycles. The molecule has 0 aliphatic carbocycles. The number of aromatic nitrogens is 2. The normalized spacial score (nSPS) is 10.9. The molecule has 2 heterocycles. The lowest BCUT2D eigenvalue weighted by atomic mass is 10.1. The number of amides is 1. The van der Waals surface area contributed by atoms with E-state index in [9.17, 15) is 9.59 Å². The van der Waals surface area contributed by atoms with Gasteiger partial charge in [0.15, 0.2) is 0 Å². The van der Waals surface area contributed by atoms with Crippen LogP contribution in [0.15, 0.2) is 47.4 Å². The highest BCUT2D eigenvalue weighted by atomic mass is 16.5. The lowest BCUT2D eigenvalue weighted by Crippen LogP contribution is -2.23. The number of nitrogens with zero attached hydrogens (tertiary/aromatic N) is 2. The highest BCUT2D eigenvalue weighted by Gasteiger charge is 2.14. The van der Waals surface area contributed by atoms with Gasteiger partial charge in [-0.05, 0) is 43.2 Å². The number of hydrogen-bond donors (Lipinski definition) is 1. The number of rotatable bonds is 6. The molecule has 0 aliphatic rings. The zero-order valence-electron chi connectivity index (χ0n) is 15.8. The van der Waals surface area contributed by atoms with E-state index in [-0.39, 0.29) is 11.5 Å². The largest absolute Gasteiger partial charge is 0.383 e. The Labute approximate surface area is 157 Å². The zero-order valence-corrected chi connectivity index (χ0v) is 15.8. The van der Waals surface area contributed by atoms with Gasteiger partial charge in [-0.3, -0.25) is 14.6 Å². The monoisotopic (exact) mass is 365 g/mol. The van der Waals surface area contributed by atoms with Crippen molar-refractivity contribution in [2.24, 2.45) is 0 Å². The van der Waals surface area contributed by atoms with Crippen LogP contribution in [-0.4, -0.2) is 29.2 Å². The Bertz CT molecular complexity index is 1020. The molecule has 0 radical (unpaired) electrons. The van der Waals surface area contributed by atoms with Crippen LogP contribution in [0.5, 0.6) is 0 Å². The molecule has 1 aromatic carbocycles. The van der Waals surface area contributed by atoms with Gasteiger partial charge in [0, 0.05) is 25.5 Å². The number of nitrogens with one attached hydrogen (secondary N) is 1. The third-order valence-corrected chi connectivity index (χ3v) is 4.55. The summed E-state index contributed by atoms with van der Waals surface area (Å²) in [6.45, 7) is 4.73. The van der Waals surface area contributed by atoms with Gasteiger partial charge >= 0.3 is 0 Å². The van der Waals surface area contributed by atoms with Crippen molar-refractivity contribution < 1.29 is 9.53 Å². The molecule has 0 unspecified atom stereocenters. The van der Waals surface area contributed by atoms with E-state index in [1.54, 1.807) is 36.9 Å². The fraction of sp³-hybridized carbons (Fsp3) is 0.286. The molecule has 0 saturated heterocycles. The number of benzene rings is 1. The lowest BCUT2D eigenvalue weighted by molar-refractivity contribution is 0.102. The van der Waals surface area contributed by atoms with Gasteiger partial charge in [-0.25, -0.2) is 0 Å². The van der Waals surface area contributed by atoms with Crippen LogP contribution in [0, 0.1) is 6.92 Å². The van der Waals surface area contributed by atoms with Crippen molar-refractivity contribution in [1.29, 1.82) is 0 Å². The topological polar surface area (TPSA) is 73.2 Å². The summed E-state index contributed by atoms with van der Waals surface area (Å²) in [5.74, 6) is -0.280. The number of ether oxygens (including phenoxy) is 1. The van der Waals surface area contributed by atoms with Crippen LogP contribution < -0.4 is 10.9 Å². The third-order valence-electron chi connectivity index (χ3n) is 4.55. The second-order valence-electron chi connectivity index (χ2n) is 6.37. The Kier molecular flexibility index (Phi) is 5.66. The molecule has 3 rings (SSSR count). The minimum Gasteiger partial charge on any atom is -0.383 e. The van der Waals surface area contributed by atoms with Gasteiger partial charge in [0.2, 0.25) is 0 Å². The van der Waals surface area contributed by atoms with Crippen molar-refractivity contribution in [3.63, 3.8) is 0 Å². The molecule has 0 saturated carbocycles. The van der Waals surface area contributed by atoms with Crippen LogP contribution >= 0.6 is 0 Å². The van der Waals surface area contributed by atoms with E-state index in [0.717, 1.165) is 6.42 Å². The summed E-state index contributed by atoms with van der Waals surface area (Å²) in [7, 11) is 1.59. The van der Waals surface area contributed by atoms with Crippen molar-refractivity contribution in [2.75, 3.05) is 19.0 Å². The van der Waals surface area contributed by atoms with E-state index in [2.05, 4.69) is 17.2 Å². The van der Waals surface area contributed by atoms with Gasteiger partial charge in [0.1, 0.15) is 0 Å². The van der Waals surface area contributed by atoms with Gasteiger partial charge in [0.05, 0.1) is 28.8 Å². The Morgan fingerprint density at radius 3 is 2.63 bits per heavy atom. The summed E-state index contributed by atoms with van der Waals surface area (Å²) >= 11 is 0. The zero-order chi connectivity index (χ0) is 19.4.